The number of carbonyl (C=O) groups is 2. The fraction of sp³-hybridized carbons (Fsp3) is 0.182. The highest BCUT2D eigenvalue weighted by Crippen LogP contribution is 2.26. The molecular formula is C22H22N2O8S. The van der Waals surface area contributed by atoms with Crippen LogP contribution >= 0.6 is 0 Å². The Morgan fingerprint density at radius 1 is 0.909 bits per heavy atom. The smallest absolute Gasteiger partial charge is 0.374 e. The molecule has 10 nitrogen and oxygen atoms in total. The third-order valence-electron chi connectivity index (χ3n) is 4.60. The van der Waals surface area contributed by atoms with Crippen LogP contribution in [0.5, 0.6) is 11.5 Å². The van der Waals surface area contributed by atoms with Gasteiger partial charge >= 0.3 is 5.97 Å². The van der Waals surface area contributed by atoms with Gasteiger partial charge in [-0.25, -0.2) is 18.4 Å². The maximum absolute atomic E-state index is 12.6. The van der Waals surface area contributed by atoms with Gasteiger partial charge in [-0.15, -0.1) is 0 Å². The maximum Gasteiger partial charge on any atom is 0.374 e. The van der Waals surface area contributed by atoms with Crippen molar-refractivity contribution in [1.29, 1.82) is 0 Å². The van der Waals surface area contributed by atoms with Gasteiger partial charge in [0.25, 0.3) is 15.9 Å². The van der Waals surface area contributed by atoms with Crippen LogP contribution in [0.15, 0.2) is 70.2 Å². The number of primary sulfonamides is 1. The lowest BCUT2D eigenvalue weighted by Gasteiger charge is -2.20. The minimum atomic E-state index is -4.11. The van der Waals surface area contributed by atoms with Crippen LogP contribution in [-0.2, 0) is 19.6 Å². The summed E-state index contributed by atoms with van der Waals surface area (Å²) < 4.78 is 42.7. The fourth-order valence-corrected chi connectivity index (χ4v) is 3.40. The standard InChI is InChI=1S/C22H22N2O8S/c1-29-16-7-3-14(4-8-16)21(15-5-9-17(30-2)10-6-15)24-19(25)13-31-22(26)18-11-12-20(32-18)33(23,27)28/h3-12,21H,13H2,1-2H3,(H,24,25)(H2,23,27,28). The molecule has 0 aliphatic heterocycles. The van der Waals surface area contributed by atoms with Crippen LogP contribution in [-0.4, -0.2) is 41.1 Å². The molecule has 0 bridgehead atoms. The molecule has 1 heterocycles. The predicted molar refractivity (Wildman–Crippen MR) is 116 cm³/mol. The second-order valence-electron chi connectivity index (χ2n) is 6.79. The Morgan fingerprint density at radius 2 is 1.42 bits per heavy atom. The molecular weight excluding hydrogens is 452 g/mol. The first-order chi connectivity index (χ1) is 15.7. The molecule has 0 aliphatic carbocycles. The van der Waals surface area contributed by atoms with Crippen molar-refractivity contribution in [2.24, 2.45) is 5.14 Å². The number of ether oxygens (including phenoxy) is 3. The lowest BCUT2D eigenvalue weighted by atomic mass is 9.98. The Balaban J connectivity index is 1.72. The van der Waals surface area contributed by atoms with Crippen molar-refractivity contribution in [3.8, 4) is 11.5 Å². The van der Waals surface area contributed by atoms with Gasteiger partial charge in [-0.3, -0.25) is 4.79 Å². The fourth-order valence-electron chi connectivity index (χ4n) is 2.94. The van der Waals surface area contributed by atoms with E-state index in [9.17, 15) is 18.0 Å². The zero-order valence-corrected chi connectivity index (χ0v) is 18.6. The van der Waals surface area contributed by atoms with Crippen molar-refractivity contribution < 1.29 is 36.6 Å². The van der Waals surface area contributed by atoms with E-state index in [4.69, 9.17) is 23.8 Å². The number of hydrogen-bond donors (Lipinski definition) is 2. The Kier molecular flexibility index (Phi) is 7.36. The van der Waals surface area contributed by atoms with Gasteiger partial charge < -0.3 is 23.9 Å². The lowest BCUT2D eigenvalue weighted by molar-refractivity contribution is -0.124. The third kappa shape index (κ3) is 6.11. The van der Waals surface area contributed by atoms with E-state index in [0.717, 1.165) is 23.3 Å². The molecule has 0 fully saturated rings. The maximum atomic E-state index is 12.6. The molecule has 3 rings (SSSR count). The number of carbonyl (C=O) groups excluding carboxylic acids is 2. The average molecular weight is 474 g/mol. The molecule has 3 N–H and O–H groups in total. The van der Waals surface area contributed by atoms with Gasteiger partial charge in [0, 0.05) is 0 Å². The summed E-state index contributed by atoms with van der Waals surface area (Å²) in [6.07, 6.45) is 0. The van der Waals surface area contributed by atoms with Crippen molar-refractivity contribution in [3.63, 3.8) is 0 Å². The largest absolute Gasteiger partial charge is 0.497 e. The van der Waals surface area contributed by atoms with E-state index in [2.05, 4.69) is 5.32 Å². The molecule has 33 heavy (non-hydrogen) atoms. The second kappa shape index (κ2) is 10.2. The van der Waals surface area contributed by atoms with Crippen molar-refractivity contribution in [3.05, 3.63) is 77.6 Å². The van der Waals surface area contributed by atoms with Crippen molar-refractivity contribution in [1.82, 2.24) is 5.32 Å². The summed E-state index contributed by atoms with van der Waals surface area (Å²) in [6.45, 7) is -0.618. The van der Waals surface area contributed by atoms with Gasteiger partial charge in [0.05, 0.1) is 20.3 Å². The van der Waals surface area contributed by atoms with E-state index in [1.165, 1.54) is 0 Å². The Bertz CT molecular complexity index is 1170. The van der Waals surface area contributed by atoms with Crippen molar-refractivity contribution in [2.75, 3.05) is 20.8 Å². The van der Waals surface area contributed by atoms with Crippen molar-refractivity contribution in [2.45, 2.75) is 11.1 Å². The number of esters is 1. The molecule has 0 atom stereocenters. The summed E-state index contributed by atoms with van der Waals surface area (Å²) in [5, 5.41) is 7.17. The quantitative estimate of drug-likeness (QED) is 0.448. The average Bonchev–Trinajstić information content (AvgIpc) is 3.32. The van der Waals surface area contributed by atoms with Crippen LogP contribution in [0.3, 0.4) is 0 Å². The van der Waals surface area contributed by atoms with Crippen LogP contribution < -0.4 is 19.9 Å². The summed E-state index contributed by atoms with van der Waals surface area (Å²) in [7, 11) is -1.00. The zero-order chi connectivity index (χ0) is 24.0. The number of rotatable bonds is 9. The molecule has 11 heteroatoms. The van der Waals surface area contributed by atoms with Gasteiger partial charge in [0.2, 0.25) is 10.9 Å². The van der Waals surface area contributed by atoms with Crippen LogP contribution in [0.1, 0.15) is 27.7 Å². The highest BCUT2D eigenvalue weighted by molar-refractivity contribution is 7.89. The summed E-state index contributed by atoms with van der Waals surface area (Å²) in [5.74, 6) is -0.674. The molecule has 1 aromatic heterocycles. The lowest BCUT2D eigenvalue weighted by Crippen LogP contribution is -2.33. The summed E-state index contributed by atoms with van der Waals surface area (Å²) in [6, 6.07) is 15.8. The summed E-state index contributed by atoms with van der Waals surface area (Å²) in [5.41, 5.74) is 1.54. The van der Waals surface area contributed by atoms with Crippen molar-refractivity contribution >= 4 is 21.9 Å². The molecule has 1 amide bonds. The Morgan fingerprint density at radius 3 is 1.85 bits per heavy atom. The number of benzene rings is 2. The number of methoxy groups -OCH3 is 2. The number of nitrogens with two attached hydrogens (primary N) is 1. The van der Waals surface area contributed by atoms with Gasteiger partial charge in [-0.1, -0.05) is 24.3 Å². The van der Waals surface area contributed by atoms with E-state index in [-0.39, 0.29) is 0 Å². The first-order valence-corrected chi connectivity index (χ1v) is 11.1. The number of amides is 1. The highest BCUT2D eigenvalue weighted by Gasteiger charge is 2.21. The SMILES string of the molecule is COc1ccc(C(NC(=O)COC(=O)c2ccc(S(N)(=O)=O)o2)c2ccc(OC)cc2)cc1. The first-order valence-electron chi connectivity index (χ1n) is 9.58. The Hall–Kier alpha value is -3.83. The molecule has 0 spiro atoms. The predicted octanol–water partition coefficient (Wildman–Crippen LogP) is 2.01. The molecule has 0 aliphatic rings. The highest BCUT2D eigenvalue weighted by atomic mass is 32.2. The topological polar surface area (TPSA) is 147 Å². The van der Waals surface area contributed by atoms with E-state index < -0.39 is 45.4 Å². The number of furan rings is 1. The van der Waals surface area contributed by atoms with Crippen LogP contribution in [0.25, 0.3) is 0 Å². The Labute approximate surface area is 190 Å². The molecule has 0 saturated heterocycles. The molecule has 0 unspecified atom stereocenters. The van der Waals surface area contributed by atoms with Crippen LogP contribution in [0.2, 0.25) is 0 Å². The number of nitrogens with one attached hydrogen (secondary N) is 1. The minimum absolute atomic E-state index is 0.395. The van der Waals surface area contributed by atoms with Crippen LogP contribution in [0.4, 0.5) is 0 Å². The summed E-state index contributed by atoms with van der Waals surface area (Å²) in [4.78, 5) is 24.7. The van der Waals surface area contributed by atoms with E-state index in [1.54, 1.807) is 62.8 Å². The molecule has 0 radical (unpaired) electrons. The normalized spacial score (nSPS) is 11.2. The van der Waals surface area contributed by atoms with Crippen LogP contribution in [0, 0.1) is 0 Å². The van der Waals surface area contributed by atoms with Gasteiger partial charge in [0.15, 0.2) is 6.61 Å². The zero-order valence-electron chi connectivity index (χ0n) is 17.8. The van der Waals surface area contributed by atoms with E-state index in [0.29, 0.717) is 11.5 Å². The second-order valence-corrected chi connectivity index (χ2v) is 8.28. The molecule has 0 saturated carbocycles. The minimum Gasteiger partial charge on any atom is -0.497 e. The van der Waals surface area contributed by atoms with Gasteiger partial charge in [-0.2, -0.15) is 0 Å². The first kappa shape index (κ1) is 23.8. The molecule has 2 aromatic carbocycles. The van der Waals surface area contributed by atoms with Gasteiger partial charge in [0.1, 0.15) is 11.5 Å². The van der Waals surface area contributed by atoms with Gasteiger partial charge in [-0.05, 0) is 47.5 Å². The molecule has 3 aromatic rings. The molecule has 174 valence electrons. The number of hydrogen-bond acceptors (Lipinski definition) is 8. The monoisotopic (exact) mass is 474 g/mol. The van der Waals surface area contributed by atoms with E-state index >= 15 is 0 Å². The summed E-state index contributed by atoms with van der Waals surface area (Å²) >= 11 is 0. The third-order valence-corrected chi connectivity index (χ3v) is 5.38. The van der Waals surface area contributed by atoms with E-state index in [1.807, 2.05) is 0 Å². The number of sulfonamides is 1.